The first kappa shape index (κ1) is 14.0. The summed E-state index contributed by atoms with van der Waals surface area (Å²) in [5.41, 5.74) is 0.745. The summed E-state index contributed by atoms with van der Waals surface area (Å²) < 4.78 is 10.5. The lowest BCUT2D eigenvalue weighted by atomic mass is 10.2. The van der Waals surface area contributed by atoms with E-state index in [0.717, 1.165) is 10.0 Å². The highest BCUT2D eigenvalue weighted by Crippen LogP contribution is 2.27. The molecule has 0 atom stereocenters. The molecule has 0 unspecified atom stereocenters. The third kappa shape index (κ3) is 3.54. The van der Waals surface area contributed by atoms with Gasteiger partial charge in [0.2, 0.25) is 11.7 Å². The Morgan fingerprint density at radius 1 is 1.53 bits per heavy atom. The fourth-order valence-electron chi connectivity index (χ4n) is 1.41. The van der Waals surface area contributed by atoms with Crippen molar-refractivity contribution < 1.29 is 14.1 Å². The molecule has 2 rings (SSSR count). The quantitative estimate of drug-likeness (QED) is 0.796. The molecule has 2 aromatic rings. The molecule has 0 saturated carbocycles. The largest absolute Gasteiger partial charge is 0.466 e. The summed E-state index contributed by atoms with van der Waals surface area (Å²) in [5, 5.41) is 4.41. The van der Waals surface area contributed by atoms with Crippen LogP contribution in [0, 0.1) is 0 Å². The van der Waals surface area contributed by atoms with Crippen molar-refractivity contribution in [2.24, 2.45) is 0 Å². The highest BCUT2D eigenvalue weighted by molar-refractivity contribution is 9.10. The number of benzene rings is 1. The van der Waals surface area contributed by atoms with E-state index in [1.54, 1.807) is 25.1 Å². The predicted octanol–water partition coefficient (Wildman–Crippen LogP) is 3.26. The summed E-state index contributed by atoms with van der Waals surface area (Å²) in [6.45, 7) is 2.06. The number of halogens is 2. The van der Waals surface area contributed by atoms with E-state index in [9.17, 15) is 4.79 Å². The molecule has 1 aromatic heterocycles. The maximum absolute atomic E-state index is 11.3. The fourth-order valence-corrected chi connectivity index (χ4v) is 1.91. The molecular formula is C12H10BrClN2O3. The Hall–Kier alpha value is -1.40. The molecule has 0 aliphatic carbocycles. The van der Waals surface area contributed by atoms with E-state index in [4.69, 9.17) is 20.9 Å². The number of ether oxygens (including phenoxy) is 1. The van der Waals surface area contributed by atoms with E-state index in [1.165, 1.54) is 0 Å². The average Bonchev–Trinajstić information content (AvgIpc) is 2.81. The molecule has 0 N–H and O–H groups in total. The van der Waals surface area contributed by atoms with Gasteiger partial charge in [0.25, 0.3) is 0 Å². The molecule has 0 amide bonds. The van der Waals surface area contributed by atoms with Crippen LogP contribution in [0.25, 0.3) is 11.4 Å². The lowest BCUT2D eigenvalue weighted by Crippen LogP contribution is -2.07. The van der Waals surface area contributed by atoms with Crippen molar-refractivity contribution in [3.05, 3.63) is 33.6 Å². The number of hydrogen-bond acceptors (Lipinski definition) is 5. The molecule has 0 fully saturated rings. The van der Waals surface area contributed by atoms with Gasteiger partial charge in [-0.05, 0) is 41.1 Å². The lowest BCUT2D eigenvalue weighted by molar-refractivity contribution is -0.142. The highest BCUT2D eigenvalue weighted by atomic mass is 79.9. The van der Waals surface area contributed by atoms with Gasteiger partial charge in [-0.25, -0.2) is 0 Å². The number of aromatic nitrogens is 2. The van der Waals surface area contributed by atoms with Crippen LogP contribution in [0.3, 0.4) is 0 Å². The van der Waals surface area contributed by atoms with Crippen LogP contribution >= 0.6 is 27.5 Å². The van der Waals surface area contributed by atoms with Gasteiger partial charge in [-0.1, -0.05) is 16.8 Å². The summed E-state index contributed by atoms with van der Waals surface area (Å²) >= 11 is 9.22. The maximum atomic E-state index is 11.3. The number of esters is 1. The summed E-state index contributed by atoms with van der Waals surface area (Å²) in [5.74, 6) is 0.228. The third-order valence-corrected chi connectivity index (χ3v) is 3.46. The zero-order chi connectivity index (χ0) is 13.8. The molecule has 0 bridgehead atoms. The van der Waals surface area contributed by atoms with Crippen LogP contribution in [0.1, 0.15) is 12.8 Å². The Morgan fingerprint density at radius 2 is 2.32 bits per heavy atom. The van der Waals surface area contributed by atoms with Gasteiger partial charge in [0.1, 0.15) is 6.42 Å². The first-order chi connectivity index (χ1) is 9.10. The molecule has 0 saturated heterocycles. The molecule has 1 heterocycles. The number of carbonyl (C=O) groups excluding carboxylic acids is 1. The molecule has 1 aromatic carbocycles. The van der Waals surface area contributed by atoms with Crippen LogP contribution in [0.4, 0.5) is 0 Å². The minimum Gasteiger partial charge on any atom is -0.466 e. The van der Waals surface area contributed by atoms with Crippen molar-refractivity contribution >= 4 is 33.5 Å². The van der Waals surface area contributed by atoms with E-state index < -0.39 is 5.97 Å². The van der Waals surface area contributed by atoms with Gasteiger partial charge in [0, 0.05) is 10.0 Å². The van der Waals surface area contributed by atoms with Crippen LogP contribution in [0.15, 0.2) is 27.2 Å². The monoisotopic (exact) mass is 344 g/mol. The van der Waals surface area contributed by atoms with Crippen LogP contribution in [0.5, 0.6) is 0 Å². The second-order valence-electron chi connectivity index (χ2n) is 3.62. The molecule has 0 aliphatic heterocycles. The Balaban J connectivity index is 2.16. The van der Waals surface area contributed by atoms with Crippen LogP contribution in [-0.2, 0) is 16.0 Å². The van der Waals surface area contributed by atoms with E-state index >= 15 is 0 Å². The van der Waals surface area contributed by atoms with Crippen molar-refractivity contribution in [2.45, 2.75) is 13.3 Å². The SMILES string of the molecule is CCOC(=O)Cc1nc(-c2ccc(Cl)c(Br)c2)no1. The van der Waals surface area contributed by atoms with Gasteiger partial charge in [0.05, 0.1) is 11.6 Å². The Bertz CT molecular complexity index is 600. The number of hydrogen-bond donors (Lipinski definition) is 0. The van der Waals surface area contributed by atoms with Gasteiger partial charge in [-0.3, -0.25) is 4.79 Å². The Labute approximate surface area is 123 Å². The smallest absolute Gasteiger partial charge is 0.315 e. The number of carbonyl (C=O) groups is 1. The first-order valence-electron chi connectivity index (χ1n) is 5.53. The first-order valence-corrected chi connectivity index (χ1v) is 6.71. The zero-order valence-electron chi connectivity index (χ0n) is 10.0. The van der Waals surface area contributed by atoms with E-state index in [-0.39, 0.29) is 12.3 Å². The molecule has 0 aliphatic rings. The van der Waals surface area contributed by atoms with Crippen LogP contribution < -0.4 is 0 Å². The summed E-state index contributed by atoms with van der Waals surface area (Å²) in [6.07, 6.45) is -0.0321. The second-order valence-corrected chi connectivity index (χ2v) is 4.88. The van der Waals surface area contributed by atoms with Gasteiger partial charge < -0.3 is 9.26 Å². The van der Waals surface area contributed by atoms with Gasteiger partial charge in [0.15, 0.2) is 0 Å². The van der Waals surface area contributed by atoms with Crippen molar-refractivity contribution in [2.75, 3.05) is 6.61 Å². The summed E-state index contributed by atoms with van der Waals surface area (Å²) in [6, 6.07) is 5.27. The van der Waals surface area contributed by atoms with Crippen molar-refractivity contribution in [1.29, 1.82) is 0 Å². The molecule has 0 radical (unpaired) electrons. The molecule has 100 valence electrons. The van der Waals surface area contributed by atoms with Gasteiger partial charge >= 0.3 is 5.97 Å². The van der Waals surface area contributed by atoms with E-state index in [1.807, 2.05) is 0 Å². The normalized spacial score (nSPS) is 10.5. The topological polar surface area (TPSA) is 65.2 Å². The average molecular weight is 346 g/mol. The van der Waals surface area contributed by atoms with Gasteiger partial charge in [-0.2, -0.15) is 4.98 Å². The third-order valence-electron chi connectivity index (χ3n) is 2.25. The summed E-state index contributed by atoms with van der Waals surface area (Å²) in [7, 11) is 0. The van der Waals surface area contributed by atoms with Crippen molar-refractivity contribution in [3.8, 4) is 11.4 Å². The highest BCUT2D eigenvalue weighted by Gasteiger charge is 2.13. The summed E-state index contributed by atoms with van der Waals surface area (Å²) in [4.78, 5) is 15.4. The Morgan fingerprint density at radius 3 is 3.00 bits per heavy atom. The predicted molar refractivity (Wildman–Crippen MR) is 72.8 cm³/mol. The molecule has 5 nitrogen and oxygen atoms in total. The van der Waals surface area contributed by atoms with E-state index in [0.29, 0.717) is 17.5 Å². The molecule has 19 heavy (non-hydrogen) atoms. The van der Waals surface area contributed by atoms with Crippen molar-refractivity contribution in [3.63, 3.8) is 0 Å². The van der Waals surface area contributed by atoms with Crippen molar-refractivity contribution in [1.82, 2.24) is 10.1 Å². The second kappa shape index (κ2) is 6.16. The molecular weight excluding hydrogens is 336 g/mol. The number of nitrogens with zero attached hydrogens (tertiary/aromatic N) is 2. The fraction of sp³-hybridized carbons (Fsp3) is 0.250. The van der Waals surface area contributed by atoms with Crippen LogP contribution in [-0.4, -0.2) is 22.7 Å². The minimum atomic E-state index is -0.394. The lowest BCUT2D eigenvalue weighted by Gasteiger charge is -1.98. The zero-order valence-corrected chi connectivity index (χ0v) is 12.4. The molecule has 7 heteroatoms. The van der Waals surface area contributed by atoms with E-state index in [2.05, 4.69) is 26.1 Å². The Kier molecular flexibility index (Phi) is 4.55. The van der Waals surface area contributed by atoms with Crippen LogP contribution in [0.2, 0.25) is 5.02 Å². The standard InChI is InChI=1S/C12H10BrClN2O3/c1-2-18-11(17)6-10-15-12(16-19-10)7-3-4-9(14)8(13)5-7/h3-5H,2,6H2,1H3. The number of rotatable bonds is 4. The maximum Gasteiger partial charge on any atom is 0.315 e. The molecule has 0 spiro atoms. The van der Waals surface area contributed by atoms with Gasteiger partial charge in [-0.15, -0.1) is 0 Å². The minimum absolute atomic E-state index is 0.0321.